The van der Waals surface area contributed by atoms with Crippen LogP contribution in [0.4, 0.5) is 10.1 Å². The molecule has 2 rings (SSSR count). The third-order valence-electron chi connectivity index (χ3n) is 3.58. The number of anilines is 1. The van der Waals surface area contributed by atoms with Crippen molar-refractivity contribution in [2.24, 2.45) is 0 Å². The molecule has 1 N–H and O–H groups in total. The maximum absolute atomic E-state index is 13.2. The monoisotopic (exact) mass is 405 g/mol. The van der Waals surface area contributed by atoms with E-state index in [1.54, 1.807) is 6.92 Å². The van der Waals surface area contributed by atoms with Gasteiger partial charge in [0.2, 0.25) is 0 Å². The van der Waals surface area contributed by atoms with Crippen LogP contribution in [0, 0.1) is 5.82 Å². The normalized spacial score (nSPS) is 13.5. The third-order valence-corrected chi connectivity index (χ3v) is 6.16. The third kappa shape index (κ3) is 4.71. The van der Waals surface area contributed by atoms with E-state index in [0.29, 0.717) is 5.56 Å². The van der Waals surface area contributed by atoms with Crippen LogP contribution in [0.5, 0.6) is 0 Å². The summed E-state index contributed by atoms with van der Waals surface area (Å²) in [4.78, 5) is -0.230. The molecule has 0 spiro atoms. The van der Waals surface area contributed by atoms with Gasteiger partial charge in [-0.1, -0.05) is 17.7 Å². The van der Waals surface area contributed by atoms with Crippen molar-refractivity contribution in [2.75, 3.05) is 17.8 Å². The number of benzene rings is 2. The quantitative estimate of drug-likeness (QED) is 0.823. The summed E-state index contributed by atoms with van der Waals surface area (Å²) in [5, 5.41) is 3.19. The van der Waals surface area contributed by atoms with Crippen LogP contribution >= 0.6 is 11.6 Å². The van der Waals surface area contributed by atoms with E-state index in [4.69, 9.17) is 11.6 Å². The highest BCUT2D eigenvalue weighted by Gasteiger charge is 2.20. The Morgan fingerprint density at radius 1 is 1.00 bits per heavy atom. The molecule has 1 atom stereocenters. The predicted octanol–water partition coefficient (Wildman–Crippen LogP) is 3.46. The van der Waals surface area contributed by atoms with Gasteiger partial charge in [0, 0.05) is 17.5 Å². The van der Waals surface area contributed by atoms with Crippen LogP contribution in [-0.4, -0.2) is 29.3 Å². The topological polar surface area (TPSA) is 80.3 Å². The standard InChI is InChI=1S/C16H17ClFNO4S2/c1-10(13-6-4-11(18)8-14(13)17)19-15-7-5-12(24(2,20)21)9-16(15)25(3,22)23/h4-10,19H,1-3H3. The molecule has 2 aromatic carbocycles. The zero-order valence-electron chi connectivity index (χ0n) is 13.7. The van der Waals surface area contributed by atoms with Crippen LogP contribution in [-0.2, 0) is 19.7 Å². The van der Waals surface area contributed by atoms with E-state index in [-0.39, 0.29) is 20.5 Å². The Morgan fingerprint density at radius 2 is 1.64 bits per heavy atom. The molecule has 2 aromatic rings. The summed E-state index contributed by atoms with van der Waals surface area (Å²) in [6.45, 7) is 1.73. The first-order valence-electron chi connectivity index (χ1n) is 7.15. The van der Waals surface area contributed by atoms with Crippen molar-refractivity contribution in [1.82, 2.24) is 0 Å². The second kappa shape index (κ2) is 6.93. The van der Waals surface area contributed by atoms with Crippen molar-refractivity contribution in [1.29, 1.82) is 0 Å². The molecule has 0 radical (unpaired) electrons. The molecule has 0 bridgehead atoms. The first kappa shape index (κ1) is 19.7. The van der Waals surface area contributed by atoms with Crippen LogP contribution in [0.3, 0.4) is 0 Å². The van der Waals surface area contributed by atoms with Crippen molar-refractivity contribution in [2.45, 2.75) is 22.8 Å². The maximum Gasteiger partial charge on any atom is 0.177 e. The highest BCUT2D eigenvalue weighted by Crippen LogP contribution is 2.31. The van der Waals surface area contributed by atoms with E-state index in [2.05, 4.69) is 5.32 Å². The molecule has 0 aromatic heterocycles. The Bertz CT molecular complexity index is 1020. The Kier molecular flexibility index (Phi) is 5.46. The van der Waals surface area contributed by atoms with Gasteiger partial charge in [0.15, 0.2) is 19.7 Å². The zero-order chi connectivity index (χ0) is 19.0. The fourth-order valence-electron chi connectivity index (χ4n) is 2.32. The summed E-state index contributed by atoms with van der Waals surface area (Å²) < 4.78 is 60.6. The van der Waals surface area contributed by atoms with Gasteiger partial charge in [-0.15, -0.1) is 0 Å². The lowest BCUT2D eigenvalue weighted by molar-refractivity contribution is 0.600. The lowest BCUT2D eigenvalue weighted by Gasteiger charge is -2.19. The van der Waals surface area contributed by atoms with Crippen molar-refractivity contribution in [3.8, 4) is 0 Å². The average molecular weight is 406 g/mol. The molecule has 0 aliphatic rings. The molecule has 136 valence electrons. The Balaban J connectivity index is 2.48. The molecular formula is C16H17ClFNO4S2. The Hall–Kier alpha value is -1.64. The van der Waals surface area contributed by atoms with Gasteiger partial charge in [-0.3, -0.25) is 0 Å². The van der Waals surface area contributed by atoms with Gasteiger partial charge in [-0.2, -0.15) is 0 Å². The fourth-order valence-corrected chi connectivity index (χ4v) is 4.24. The maximum atomic E-state index is 13.2. The van der Waals surface area contributed by atoms with Gasteiger partial charge in [-0.05, 0) is 42.8 Å². The van der Waals surface area contributed by atoms with Crippen molar-refractivity contribution >= 4 is 37.0 Å². The number of halogens is 2. The first-order chi connectivity index (χ1) is 11.4. The molecule has 0 fully saturated rings. The largest absolute Gasteiger partial charge is 0.377 e. The molecule has 0 amide bonds. The molecule has 9 heteroatoms. The molecular weight excluding hydrogens is 389 g/mol. The molecule has 0 saturated heterocycles. The predicted molar refractivity (Wildman–Crippen MR) is 96.1 cm³/mol. The van der Waals surface area contributed by atoms with Gasteiger partial charge < -0.3 is 5.32 Å². The van der Waals surface area contributed by atoms with Crippen LogP contribution in [0.25, 0.3) is 0 Å². The molecule has 0 saturated carbocycles. The molecule has 0 heterocycles. The minimum absolute atomic E-state index is 0.0917. The summed E-state index contributed by atoms with van der Waals surface area (Å²) in [5.41, 5.74) is 0.817. The zero-order valence-corrected chi connectivity index (χ0v) is 16.1. The highest BCUT2D eigenvalue weighted by atomic mass is 35.5. The highest BCUT2D eigenvalue weighted by molar-refractivity contribution is 7.91. The summed E-state index contributed by atoms with van der Waals surface area (Å²) in [6.07, 6.45) is 2.00. The molecule has 5 nitrogen and oxygen atoms in total. The van der Waals surface area contributed by atoms with Crippen LogP contribution < -0.4 is 5.32 Å². The van der Waals surface area contributed by atoms with E-state index in [1.165, 1.54) is 30.3 Å². The van der Waals surface area contributed by atoms with Crippen LogP contribution in [0.1, 0.15) is 18.5 Å². The number of nitrogens with one attached hydrogen (secondary N) is 1. The van der Waals surface area contributed by atoms with Crippen LogP contribution in [0.2, 0.25) is 5.02 Å². The van der Waals surface area contributed by atoms with Gasteiger partial charge in [0.25, 0.3) is 0 Å². The molecule has 0 aliphatic carbocycles. The van der Waals surface area contributed by atoms with Crippen molar-refractivity contribution in [3.63, 3.8) is 0 Å². The Labute approximate surface area is 151 Å². The van der Waals surface area contributed by atoms with Crippen LogP contribution in [0.15, 0.2) is 46.2 Å². The number of hydrogen-bond acceptors (Lipinski definition) is 5. The van der Waals surface area contributed by atoms with Gasteiger partial charge in [0.1, 0.15) is 5.82 Å². The molecule has 0 aliphatic heterocycles. The second-order valence-electron chi connectivity index (χ2n) is 5.73. The second-order valence-corrected chi connectivity index (χ2v) is 10.1. The minimum Gasteiger partial charge on any atom is -0.377 e. The van der Waals surface area contributed by atoms with E-state index in [0.717, 1.165) is 18.6 Å². The van der Waals surface area contributed by atoms with Crippen molar-refractivity contribution in [3.05, 3.63) is 52.8 Å². The SMILES string of the molecule is CC(Nc1ccc(S(C)(=O)=O)cc1S(C)(=O)=O)c1ccc(F)cc1Cl. The summed E-state index contributed by atoms with van der Waals surface area (Å²) in [6, 6.07) is 7.32. The van der Waals surface area contributed by atoms with Gasteiger partial charge >= 0.3 is 0 Å². The molecule has 1 unspecified atom stereocenters. The van der Waals surface area contributed by atoms with E-state index < -0.39 is 31.5 Å². The van der Waals surface area contributed by atoms with E-state index >= 15 is 0 Å². The summed E-state index contributed by atoms with van der Waals surface area (Å²) in [7, 11) is -7.23. The minimum atomic E-state index is -3.68. The smallest absolute Gasteiger partial charge is 0.177 e. The lowest BCUT2D eigenvalue weighted by atomic mass is 10.1. The van der Waals surface area contributed by atoms with E-state index in [1.807, 2.05) is 0 Å². The number of rotatable bonds is 5. The first-order valence-corrected chi connectivity index (χ1v) is 11.3. The average Bonchev–Trinajstić information content (AvgIpc) is 2.45. The lowest BCUT2D eigenvalue weighted by Crippen LogP contribution is -2.12. The van der Waals surface area contributed by atoms with E-state index in [9.17, 15) is 21.2 Å². The van der Waals surface area contributed by atoms with Gasteiger partial charge in [0.05, 0.1) is 21.5 Å². The summed E-state index contributed by atoms with van der Waals surface area (Å²) in [5.74, 6) is -0.477. The Morgan fingerprint density at radius 3 is 2.16 bits per heavy atom. The van der Waals surface area contributed by atoms with Gasteiger partial charge in [-0.25, -0.2) is 21.2 Å². The molecule has 25 heavy (non-hydrogen) atoms. The fraction of sp³-hybridized carbons (Fsp3) is 0.250. The number of hydrogen-bond donors (Lipinski definition) is 1. The summed E-state index contributed by atoms with van der Waals surface area (Å²) >= 11 is 6.03. The van der Waals surface area contributed by atoms with Crippen molar-refractivity contribution < 1.29 is 21.2 Å². The number of sulfone groups is 2.